The highest BCUT2D eigenvalue weighted by molar-refractivity contribution is 6.35. The molecule has 0 saturated heterocycles. The van der Waals surface area contributed by atoms with Crippen molar-refractivity contribution in [3.05, 3.63) is 86.7 Å². The van der Waals surface area contributed by atoms with Crippen molar-refractivity contribution in [1.29, 1.82) is 0 Å². The molecule has 0 bridgehead atoms. The predicted octanol–water partition coefficient (Wildman–Crippen LogP) is 7.62. The van der Waals surface area contributed by atoms with Crippen LogP contribution >= 0.6 is 23.2 Å². The number of methoxy groups -OCH3 is 1. The third-order valence-corrected chi connectivity index (χ3v) is 8.22. The summed E-state index contributed by atoms with van der Waals surface area (Å²) in [6, 6.07) is 14.3. The van der Waals surface area contributed by atoms with E-state index in [4.69, 9.17) is 32.9 Å². The van der Waals surface area contributed by atoms with Gasteiger partial charge in [-0.15, -0.1) is 0 Å². The Labute approximate surface area is 249 Å². The van der Waals surface area contributed by atoms with Crippen molar-refractivity contribution in [2.24, 2.45) is 0 Å². The second-order valence-electron chi connectivity index (χ2n) is 11.1. The van der Waals surface area contributed by atoms with E-state index in [0.717, 1.165) is 33.6 Å². The lowest BCUT2D eigenvalue weighted by molar-refractivity contribution is 0.0941. The van der Waals surface area contributed by atoms with Crippen LogP contribution in [0.2, 0.25) is 10.0 Å². The highest BCUT2D eigenvalue weighted by Crippen LogP contribution is 2.56. The third-order valence-electron chi connectivity index (χ3n) is 7.67. The molecule has 0 radical (unpaired) electrons. The van der Waals surface area contributed by atoms with Crippen molar-refractivity contribution in [2.75, 3.05) is 12.0 Å². The largest absolute Gasteiger partial charge is 0.496 e. The Morgan fingerprint density at radius 2 is 1.78 bits per heavy atom. The van der Waals surface area contributed by atoms with Gasteiger partial charge in [-0.25, -0.2) is 4.98 Å². The maximum atomic E-state index is 14.3. The first-order chi connectivity index (χ1) is 19.5. The molecule has 6 rings (SSSR count). The molecule has 0 unspecified atom stereocenters. The molecule has 41 heavy (non-hydrogen) atoms. The Hall–Kier alpha value is -3.81. The van der Waals surface area contributed by atoms with E-state index in [2.05, 4.69) is 23.7 Å². The average molecular weight is 590 g/mol. The summed E-state index contributed by atoms with van der Waals surface area (Å²) < 4.78 is 7.81. The Morgan fingerprint density at radius 1 is 1.02 bits per heavy atom. The van der Waals surface area contributed by atoms with E-state index in [1.54, 1.807) is 25.3 Å². The molecule has 0 fully saturated rings. The van der Waals surface area contributed by atoms with Gasteiger partial charge in [0.2, 0.25) is 0 Å². The van der Waals surface area contributed by atoms with Crippen molar-refractivity contribution in [3.63, 3.8) is 0 Å². The van der Waals surface area contributed by atoms with Gasteiger partial charge in [0.15, 0.2) is 5.69 Å². The molecule has 9 heteroatoms. The molecular weight excluding hydrogens is 559 g/mol. The number of aryl methyl sites for hydroxylation is 1. The summed E-state index contributed by atoms with van der Waals surface area (Å²) in [5.41, 5.74) is 6.58. The summed E-state index contributed by atoms with van der Waals surface area (Å²) >= 11 is 13.3. The number of nitrogens with zero attached hydrogens (tertiary/aromatic N) is 3. The molecule has 1 aromatic heterocycles. The van der Waals surface area contributed by atoms with Gasteiger partial charge in [-0.1, -0.05) is 35.3 Å². The molecular formula is C32H30Cl2N4O3. The summed E-state index contributed by atoms with van der Waals surface area (Å²) in [6.45, 7) is 9.92. The van der Waals surface area contributed by atoms with E-state index in [0.29, 0.717) is 38.4 Å². The van der Waals surface area contributed by atoms with Gasteiger partial charge in [-0.3, -0.25) is 14.5 Å². The summed E-state index contributed by atoms with van der Waals surface area (Å²) in [5, 5.41) is 4.08. The molecule has 0 spiro atoms. The van der Waals surface area contributed by atoms with Crippen LogP contribution in [0.5, 0.6) is 5.75 Å². The van der Waals surface area contributed by atoms with Crippen molar-refractivity contribution < 1.29 is 14.3 Å². The van der Waals surface area contributed by atoms with E-state index in [9.17, 15) is 9.59 Å². The Kier molecular flexibility index (Phi) is 6.63. The number of carbonyl (C=O) groups is 2. The van der Waals surface area contributed by atoms with Gasteiger partial charge in [0.1, 0.15) is 17.6 Å². The van der Waals surface area contributed by atoms with E-state index in [-0.39, 0.29) is 23.9 Å². The maximum absolute atomic E-state index is 14.3. The van der Waals surface area contributed by atoms with Crippen molar-refractivity contribution in [2.45, 2.75) is 52.7 Å². The summed E-state index contributed by atoms with van der Waals surface area (Å²) in [5.74, 6) is 0.733. The number of carbonyl (C=O) groups excluding carboxylic acids is 2. The molecule has 210 valence electrons. The lowest BCUT2D eigenvalue weighted by Crippen LogP contribution is -2.34. The van der Waals surface area contributed by atoms with Crippen LogP contribution in [0.25, 0.3) is 22.5 Å². The Balaban J connectivity index is 1.62. The minimum absolute atomic E-state index is 0.0159. The summed E-state index contributed by atoms with van der Waals surface area (Å²) in [7, 11) is 1.58. The van der Waals surface area contributed by atoms with Crippen LogP contribution in [0.4, 0.5) is 5.69 Å². The second-order valence-corrected chi connectivity index (χ2v) is 11.9. The fourth-order valence-electron chi connectivity index (χ4n) is 6.04. The van der Waals surface area contributed by atoms with Crippen molar-refractivity contribution in [3.8, 4) is 28.3 Å². The number of fused-ring (bicyclic) bond motifs is 8. The first kappa shape index (κ1) is 27.4. The summed E-state index contributed by atoms with van der Waals surface area (Å²) in [6.07, 6.45) is 0. The van der Waals surface area contributed by atoms with Gasteiger partial charge >= 0.3 is 0 Å². The van der Waals surface area contributed by atoms with Crippen LogP contribution < -0.4 is 15.0 Å². The predicted molar refractivity (Wildman–Crippen MR) is 162 cm³/mol. The molecule has 3 aromatic carbocycles. The highest BCUT2D eigenvalue weighted by Gasteiger charge is 2.49. The first-order valence-corrected chi connectivity index (χ1v) is 14.3. The van der Waals surface area contributed by atoms with Gasteiger partial charge in [0.25, 0.3) is 11.8 Å². The smallest absolute Gasteiger partial charge is 0.279 e. The molecule has 4 aromatic rings. The van der Waals surface area contributed by atoms with Gasteiger partial charge in [-0.05, 0) is 87.7 Å². The fourth-order valence-corrected chi connectivity index (χ4v) is 6.46. The van der Waals surface area contributed by atoms with Gasteiger partial charge in [-0.2, -0.15) is 0 Å². The van der Waals surface area contributed by atoms with E-state index in [1.165, 1.54) is 0 Å². The quantitative estimate of drug-likeness (QED) is 0.260. The number of rotatable bonds is 5. The Bertz CT molecular complexity index is 1760. The number of nitrogens with one attached hydrogen (secondary N) is 1. The number of anilines is 1. The zero-order valence-corrected chi connectivity index (χ0v) is 25.2. The normalized spacial score (nSPS) is 15.1. The van der Waals surface area contributed by atoms with Crippen LogP contribution in [0.3, 0.4) is 0 Å². The van der Waals surface area contributed by atoms with Gasteiger partial charge in [0, 0.05) is 28.2 Å². The molecule has 1 N–H and O–H groups in total. The number of hydrogen-bond donors (Lipinski definition) is 1. The van der Waals surface area contributed by atoms with Crippen LogP contribution in [0.15, 0.2) is 48.5 Å². The number of benzene rings is 3. The molecule has 2 aliphatic heterocycles. The summed E-state index contributed by atoms with van der Waals surface area (Å²) in [4.78, 5) is 34.0. The van der Waals surface area contributed by atoms with Crippen LogP contribution in [-0.2, 0) is 0 Å². The number of hydrogen-bond acceptors (Lipinski definition) is 4. The van der Waals surface area contributed by atoms with E-state index in [1.807, 2.05) is 56.0 Å². The van der Waals surface area contributed by atoms with E-state index >= 15 is 0 Å². The minimum Gasteiger partial charge on any atom is -0.496 e. The van der Waals surface area contributed by atoms with Crippen LogP contribution in [0, 0.1) is 6.92 Å². The zero-order chi connectivity index (χ0) is 29.3. The third kappa shape index (κ3) is 4.13. The Morgan fingerprint density at radius 3 is 2.46 bits per heavy atom. The lowest BCUT2D eigenvalue weighted by atomic mass is 9.86. The second kappa shape index (κ2) is 9.93. The molecule has 3 heterocycles. The highest BCUT2D eigenvalue weighted by atomic mass is 35.5. The van der Waals surface area contributed by atoms with Crippen molar-refractivity contribution in [1.82, 2.24) is 14.9 Å². The monoisotopic (exact) mass is 588 g/mol. The lowest BCUT2D eigenvalue weighted by Gasteiger charge is -2.37. The van der Waals surface area contributed by atoms with Crippen molar-refractivity contribution >= 4 is 40.7 Å². The molecule has 1 atom stereocenters. The number of aromatic nitrogens is 2. The molecule has 0 aliphatic carbocycles. The fraction of sp³-hybridized carbons (Fsp3) is 0.281. The molecule has 2 aliphatic rings. The number of imidazole rings is 1. The topological polar surface area (TPSA) is 76.5 Å². The SMILES string of the molecule is COc1ccc(C(=O)NC(C)C)cc1-c1nc2c(n1C(C)C)[C@H]1c3ccc(Cl)cc3-c3c(Cl)ccc(C)c3N1C2=O. The standard InChI is InChI=1S/C32H30Cl2N4O3/c1-15(2)35-31(39)18-8-12-24(41-6)22(13-18)30-36-26-29(37(30)16(3)4)28-20-10-9-19(33)14-21(20)25-23(34)11-7-17(5)27(25)38(28)32(26)40/h7-16,28H,1-6H3,(H,35,39)/t28-/m1/s1. The first-order valence-electron chi connectivity index (χ1n) is 13.6. The van der Waals surface area contributed by atoms with Gasteiger partial charge < -0.3 is 14.6 Å². The molecule has 7 nitrogen and oxygen atoms in total. The van der Waals surface area contributed by atoms with Crippen LogP contribution in [-0.4, -0.2) is 34.5 Å². The minimum atomic E-state index is -0.434. The van der Waals surface area contributed by atoms with Gasteiger partial charge in [0.05, 0.1) is 29.1 Å². The number of amides is 2. The van der Waals surface area contributed by atoms with Crippen LogP contribution in [0.1, 0.15) is 77.4 Å². The average Bonchev–Trinajstić information content (AvgIpc) is 3.45. The maximum Gasteiger partial charge on any atom is 0.279 e. The zero-order valence-electron chi connectivity index (χ0n) is 23.7. The molecule has 2 amide bonds. The number of halogens is 2. The van der Waals surface area contributed by atoms with E-state index < -0.39 is 6.04 Å². The number of ether oxygens (including phenoxy) is 1. The molecule has 0 saturated carbocycles.